The number of carbonyl (C=O) groups is 1. The highest BCUT2D eigenvalue weighted by Crippen LogP contribution is 2.18. The summed E-state index contributed by atoms with van der Waals surface area (Å²) in [6.07, 6.45) is 1.37. The van der Waals surface area contributed by atoms with Gasteiger partial charge in [0.1, 0.15) is 0 Å². The largest absolute Gasteiger partial charge is 0.395 e. The van der Waals surface area contributed by atoms with Crippen molar-refractivity contribution in [2.45, 2.75) is 26.7 Å². The minimum atomic E-state index is 0.00255. The minimum absolute atomic E-state index is 0.00255. The lowest BCUT2D eigenvalue weighted by Crippen LogP contribution is -2.26. The number of nitrogens with one attached hydrogen (secondary N) is 1. The van der Waals surface area contributed by atoms with Crippen LogP contribution >= 0.6 is 0 Å². The third kappa shape index (κ3) is 5.73. The average Bonchev–Trinajstić information content (AvgIpc) is 2.51. The third-order valence-electron chi connectivity index (χ3n) is 3.65. The molecule has 0 aromatic heterocycles. The molecule has 0 bridgehead atoms. The minimum Gasteiger partial charge on any atom is -0.395 e. The van der Waals surface area contributed by atoms with Crippen LogP contribution in [0, 0.1) is 5.92 Å². The second-order valence-electron chi connectivity index (χ2n) is 5.11. The standard InChI is InChI=1S/C16H27N3O2/c1-3-13(12-17)11-16(21)18-14-5-7-15(8-6-14)19(4-2)9-10-20/h5-8,13,20H,3-4,9-12,17H2,1-2H3,(H,18,21). The van der Waals surface area contributed by atoms with Gasteiger partial charge in [0.2, 0.25) is 5.91 Å². The van der Waals surface area contributed by atoms with Crippen LogP contribution in [0.1, 0.15) is 26.7 Å². The van der Waals surface area contributed by atoms with Gasteiger partial charge in [-0.15, -0.1) is 0 Å². The van der Waals surface area contributed by atoms with Gasteiger partial charge in [0.05, 0.1) is 6.61 Å². The molecular weight excluding hydrogens is 266 g/mol. The van der Waals surface area contributed by atoms with E-state index >= 15 is 0 Å². The first kappa shape index (κ1) is 17.5. The van der Waals surface area contributed by atoms with Crippen molar-refractivity contribution in [2.24, 2.45) is 11.7 Å². The molecule has 1 unspecified atom stereocenters. The summed E-state index contributed by atoms with van der Waals surface area (Å²) in [5, 5.41) is 11.9. The molecule has 0 radical (unpaired) electrons. The van der Waals surface area contributed by atoms with Crippen LogP contribution in [-0.4, -0.2) is 37.3 Å². The van der Waals surface area contributed by atoms with E-state index in [2.05, 4.69) is 10.2 Å². The SMILES string of the molecule is CCC(CN)CC(=O)Nc1ccc(N(CC)CCO)cc1. The van der Waals surface area contributed by atoms with E-state index in [4.69, 9.17) is 10.8 Å². The Hall–Kier alpha value is -1.59. The molecule has 1 aromatic carbocycles. The van der Waals surface area contributed by atoms with Crippen LogP contribution in [0.3, 0.4) is 0 Å². The Kier molecular flexibility index (Phi) is 7.79. The monoisotopic (exact) mass is 293 g/mol. The molecule has 5 heteroatoms. The first-order chi connectivity index (χ1) is 10.1. The van der Waals surface area contributed by atoms with Gasteiger partial charge in [0.25, 0.3) is 0 Å². The summed E-state index contributed by atoms with van der Waals surface area (Å²) in [5.41, 5.74) is 7.44. The van der Waals surface area contributed by atoms with Gasteiger partial charge >= 0.3 is 0 Å². The molecule has 21 heavy (non-hydrogen) atoms. The topological polar surface area (TPSA) is 78.6 Å². The highest BCUT2D eigenvalue weighted by Gasteiger charge is 2.11. The van der Waals surface area contributed by atoms with Gasteiger partial charge in [-0.2, -0.15) is 0 Å². The van der Waals surface area contributed by atoms with Crippen molar-refractivity contribution in [1.29, 1.82) is 0 Å². The lowest BCUT2D eigenvalue weighted by atomic mass is 10.0. The number of hydrogen-bond acceptors (Lipinski definition) is 4. The highest BCUT2D eigenvalue weighted by molar-refractivity contribution is 5.91. The van der Waals surface area contributed by atoms with Gasteiger partial charge in [-0.1, -0.05) is 13.3 Å². The summed E-state index contributed by atoms with van der Waals surface area (Å²) >= 11 is 0. The molecule has 1 amide bonds. The van der Waals surface area contributed by atoms with Crippen molar-refractivity contribution in [3.8, 4) is 0 Å². The van der Waals surface area contributed by atoms with Crippen LogP contribution in [0.5, 0.6) is 0 Å². The van der Waals surface area contributed by atoms with Crippen LogP contribution in [-0.2, 0) is 4.79 Å². The fourth-order valence-corrected chi connectivity index (χ4v) is 2.21. The molecule has 4 N–H and O–H groups in total. The van der Waals surface area contributed by atoms with Crippen LogP contribution in [0.4, 0.5) is 11.4 Å². The molecular formula is C16H27N3O2. The molecule has 1 rings (SSSR count). The predicted molar refractivity (Wildman–Crippen MR) is 87.5 cm³/mol. The molecule has 0 aliphatic carbocycles. The second kappa shape index (κ2) is 9.37. The van der Waals surface area contributed by atoms with Gasteiger partial charge in [-0.25, -0.2) is 0 Å². The number of amides is 1. The molecule has 0 heterocycles. The number of aliphatic hydroxyl groups excluding tert-OH is 1. The molecule has 1 aromatic rings. The maximum atomic E-state index is 11.9. The third-order valence-corrected chi connectivity index (χ3v) is 3.65. The normalized spacial score (nSPS) is 12.0. The fraction of sp³-hybridized carbons (Fsp3) is 0.562. The maximum absolute atomic E-state index is 11.9. The molecule has 0 saturated heterocycles. The zero-order chi connectivity index (χ0) is 15.7. The predicted octanol–water partition coefficient (Wildman–Crippen LogP) is 1.82. The summed E-state index contributed by atoms with van der Waals surface area (Å²) in [6.45, 7) is 6.19. The van der Waals surface area contributed by atoms with Crippen molar-refractivity contribution in [3.63, 3.8) is 0 Å². The summed E-state index contributed by atoms with van der Waals surface area (Å²) in [4.78, 5) is 14.0. The lowest BCUT2D eigenvalue weighted by Gasteiger charge is -2.22. The van der Waals surface area contributed by atoms with E-state index in [0.717, 1.165) is 24.3 Å². The van der Waals surface area contributed by atoms with Gasteiger partial charge in [0, 0.05) is 30.9 Å². The lowest BCUT2D eigenvalue weighted by molar-refractivity contribution is -0.117. The van der Waals surface area contributed by atoms with Gasteiger partial charge < -0.3 is 21.1 Å². The van der Waals surface area contributed by atoms with E-state index in [9.17, 15) is 4.79 Å². The molecule has 5 nitrogen and oxygen atoms in total. The van der Waals surface area contributed by atoms with Gasteiger partial charge in [0.15, 0.2) is 0 Å². The number of anilines is 2. The van der Waals surface area contributed by atoms with Crippen LogP contribution in [0.15, 0.2) is 24.3 Å². The Morgan fingerprint density at radius 1 is 1.33 bits per heavy atom. The molecule has 0 saturated carbocycles. The van der Waals surface area contributed by atoms with Gasteiger partial charge in [-0.05, 0) is 43.7 Å². The Bertz CT molecular complexity index is 416. The second-order valence-corrected chi connectivity index (χ2v) is 5.11. The number of rotatable bonds is 9. The molecule has 0 fully saturated rings. The number of carbonyl (C=O) groups excluding carboxylic acids is 1. The maximum Gasteiger partial charge on any atom is 0.224 e. The van der Waals surface area contributed by atoms with Crippen molar-refractivity contribution in [3.05, 3.63) is 24.3 Å². The molecule has 0 spiro atoms. The van der Waals surface area contributed by atoms with Crippen molar-refractivity contribution >= 4 is 17.3 Å². The molecule has 118 valence electrons. The van der Waals surface area contributed by atoms with E-state index in [-0.39, 0.29) is 18.4 Å². The van der Waals surface area contributed by atoms with E-state index in [1.807, 2.05) is 38.1 Å². The first-order valence-electron chi connectivity index (χ1n) is 7.60. The molecule has 0 aliphatic heterocycles. The Balaban J connectivity index is 2.59. The van der Waals surface area contributed by atoms with Crippen LogP contribution in [0.2, 0.25) is 0 Å². The number of nitrogens with two attached hydrogens (primary N) is 1. The van der Waals surface area contributed by atoms with Crippen molar-refractivity contribution in [2.75, 3.05) is 36.5 Å². The number of likely N-dealkylation sites (N-methyl/N-ethyl adjacent to an activating group) is 1. The number of nitrogens with zero attached hydrogens (tertiary/aromatic N) is 1. The fourth-order valence-electron chi connectivity index (χ4n) is 2.21. The van der Waals surface area contributed by atoms with Crippen LogP contribution < -0.4 is 16.0 Å². The summed E-state index contributed by atoms with van der Waals surface area (Å²) in [6, 6.07) is 7.68. The van der Waals surface area contributed by atoms with Crippen LogP contribution in [0.25, 0.3) is 0 Å². The summed E-state index contributed by atoms with van der Waals surface area (Å²) in [7, 11) is 0. The molecule has 1 atom stereocenters. The zero-order valence-corrected chi connectivity index (χ0v) is 13.0. The van der Waals surface area contributed by atoms with E-state index in [1.165, 1.54) is 0 Å². The number of benzene rings is 1. The number of aliphatic hydroxyl groups is 1. The van der Waals surface area contributed by atoms with Crippen molar-refractivity contribution in [1.82, 2.24) is 0 Å². The van der Waals surface area contributed by atoms with Gasteiger partial charge in [-0.3, -0.25) is 4.79 Å². The smallest absolute Gasteiger partial charge is 0.224 e. The Morgan fingerprint density at radius 3 is 2.48 bits per heavy atom. The summed E-state index contributed by atoms with van der Waals surface area (Å²) < 4.78 is 0. The van der Waals surface area contributed by atoms with Crippen molar-refractivity contribution < 1.29 is 9.90 Å². The van der Waals surface area contributed by atoms with E-state index in [0.29, 0.717) is 19.5 Å². The van der Waals surface area contributed by atoms with E-state index < -0.39 is 0 Å². The van der Waals surface area contributed by atoms with E-state index in [1.54, 1.807) is 0 Å². The quantitative estimate of drug-likeness (QED) is 0.649. The first-order valence-corrected chi connectivity index (χ1v) is 7.60. The average molecular weight is 293 g/mol. The Labute approximate surface area is 127 Å². The molecule has 0 aliphatic rings. The zero-order valence-electron chi connectivity index (χ0n) is 13.0. The number of hydrogen-bond donors (Lipinski definition) is 3. The highest BCUT2D eigenvalue weighted by atomic mass is 16.3. The Morgan fingerprint density at radius 2 is 2.00 bits per heavy atom. The summed E-state index contributed by atoms with van der Waals surface area (Å²) in [5.74, 6) is 0.243.